The predicted octanol–water partition coefficient (Wildman–Crippen LogP) is 2.06. The highest BCUT2D eigenvalue weighted by Crippen LogP contribution is 2.04. The fourth-order valence-electron chi connectivity index (χ4n) is 1.33. The molecule has 0 spiro atoms. The van der Waals surface area contributed by atoms with Crippen LogP contribution < -0.4 is 5.32 Å². The van der Waals surface area contributed by atoms with Crippen molar-refractivity contribution < 1.29 is 4.79 Å². The number of carbonyl (C=O) groups is 1. The normalized spacial score (nSPS) is 9.86. The molecule has 2 nitrogen and oxygen atoms in total. The summed E-state index contributed by atoms with van der Waals surface area (Å²) >= 11 is 0. The Balaban J connectivity index is 2.47. The third-order valence-electron chi connectivity index (χ3n) is 2.02. The number of carbonyl (C=O) groups excluding carboxylic acids is 1. The van der Waals surface area contributed by atoms with Crippen molar-refractivity contribution in [1.29, 1.82) is 0 Å². The molecule has 0 saturated heterocycles. The number of benzene rings is 1. The van der Waals surface area contributed by atoms with Gasteiger partial charge in [-0.05, 0) is 18.9 Å². The molecule has 0 aromatic heterocycles. The Morgan fingerprint density at radius 1 is 1.43 bits per heavy atom. The molecule has 1 amide bonds. The van der Waals surface area contributed by atoms with E-state index in [1.165, 1.54) is 5.56 Å². The average Bonchev–Trinajstić information content (AvgIpc) is 2.15. The van der Waals surface area contributed by atoms with E-state index in [-0.39, 0.29) is 5.91 Å². The Kier molecular flexibility index (Phi) is 4.17. The molecule has 0 bridgehead atoms. The van der Waals surface area contributed by atoms with Crippen molar-refractivity contribution in [3.63, 3.8) is 0 Å². The molecule has 0 atom stereocenters. The van der Waals surface area contributed by atoms with Crippen molar-refractivity contribution in [2.75, 3.05) is 6.54 Å². The standard InChI is InChI=1S/C12H17NO/c1-3-7-13-12(14)9-11-6-4-5-10(2)8-11/h4-6,8H,3,7,9H2,1-2H3,(H,13,14). The summed E-state index contributed by atoms with van der Waals surface area (Å²) in [4.78, 5) is 11.4. The number of amides is 1. The van der Waals surface area contributed by atoms with Crippen LogP contribution in [0.4, 0.5) is 0 Å². The van der Waals surface area contributed by atoms with E-state index >= 15 is 0 Å². The highest BCUT2D eigenvalue weighted by Gasteiger charge is 2.01. The minimum absolute atomic E-state index is 0.109. The second-order valence-electron chi connectivity index (χ2n) is 3.52. The van der Waals surface area contributed by atoms with Gasteiger partial charge in [-0.3, -0.25) is 4.79 Å². The molecule has 0 radical (unpaired) electrons. The van der Waals surface area contributed by atoms with Crippen molar-refractivity contribution in [3.8, 4) is 0 Å². The van der Waals surface area contributed by atoms with Crippen molar-refractivity contribution >= 4 is 5.91 Å². The van der Waals surface area contributed by atoms with E-state index in [0.717, 1.165) is 18.5 Å². The largest absolute Gasteiger partial charge is 0.356 e. The zero-order chi connectivity index (χ0) is 10.4. The van der Waals surface area contributed by atoms with Gasteiger partial charge in [-0.1, -0.05) is 36.8 Å². The van der Waals surface area contributed by atoms with E-state index in [4.69, 9.17) is 0 Å². The zero-order valence-electron chi connectivity index (χ0n) is 8.84. The van der Waals surface area contributed by atoms with Gasteiger partial charge in [-0.25, -0.2) is 0 Å². The first-order valence-corrected chi connectivity index (χ1v) is 5.04. The SMILES string of the molecule is CCCNC(=O)Cc1cccc(C)c1. The summed E-state index contributed by atoms with van der Waals surface area (Å²) in [6.45, 7) is 4.85. The number of hydrogen-bond acceptors (Lipinski definition) is 1. The maximum atomic E-state index is 11.4. The van der Waals surface area contributed by atoms with Gasteiger partial charge in [0.1, 0.15) is 0 Å². The van der Waals surface area contributed by atoms with Gasteiger partial charge >= 0.3 is 0 Å². The topological polar surface area (TPSA) is 29.1 Å². The van der Waals surface area contributed by atoms with E-state index in [1.54, 1.807) is 0 Å². The van der Waals surface area contributed by atoms with Crippen LogP contribution in [0, 0.1) is 6.92 Å². The summed E-state index contributed by atoms with van der Waals surface area (Å²) in [6, 6.07) is 8.05. The van der Waals surface area contributed by atoms with E-state index in [2.05, 4.69) is 5.32 Å². The highest BCUT2D eigenvalue weighted by atomic mass is 16.1. The van der Waals surface area contributed by atoms with Crippen molar-refractivity contribution in [2.45, 2.75) is 26.7 Å². The lowest BCUT2D eigenvalue weighted by Crippen LogP contribution is -2.25. The van der Waals surface area contributed by atoms with Gasteiger partial charge < -0.3 is 5.32 Å². The van der Waals surface area contributed by atoms with Gasteiger partial charge in [0, 0.05) is 6.54 Å². The molecule has 2 heteroatoms. The van der Waals surface area contributed by atoms with Crippen molar-refractivity contribution in [1.82, 2.24) is 5.32 Å². The molecule has 0 saturated carbocycles. The van der Waals surface area contributed by atoms with Gasteiger partial charge in [0.2, 0.25) is 5.91 Å². The monoisotopic (exact) mass is 191 g/mol. The van der Waals surface area contributed by atoms with Crippen LogP contribution in [0.2, 0.25) is 0 Å². The third-order valence-corrected chi connectivity index (χ3v) is 2.02. The quantitative estimate of drug-likeness (QED) is 0.775. The van der Waals surface area contributed by atoms with Gasteiger partial charge in [-0.15, -0.1) is 0 Å². The summed E-state index contributed by atoms with van der Waals surface area (Å²) in [5.74, 6) is 0.109. The second-order valence-corrected chi connectivity index (χ2v) is 3.52. The van der Waals surface area contributed by atoms with Gasteiger partial charge in [0.25, 0.3) is 0 Å². The molecular formula is C12H17NO. The lowest BCUT2D eigenvalue weighted by molar-refractivity contribution is -0.120. The maximum absolute atomic E-state index is 11.4. The lowest BCUT2D eigenvalue weighted by Gasteiger charge is -2.03. The van der Waals surface area contributed by atoms with Crippen molar-refractivity contribution in [3.05, 3.63) is 35.4 Å². The summed E-state index contributed by atoms with van der Waals surface area (Å²) < 4.78 is 0. The summed E-state index contributed by atoms with van der Waals surface area (Å²) in [6.07, 6.45) is 1.47. The summed E-state index contributed by atoms with van der Waals surface area (Å²) in [7, 11) is 0. The fraction of sp³-hybridized carbons (Fsp3) is 0.417. The molecule has 0 aliphatic heterocycles. The Bertz CT molecular complexity index is 307. The fourth-order valence-corrected chi connectivity index (χ4v) is 1.33. The van der Waals surface area contributed by atoms with Crippen LogP contribution in [0.5, 0.6) is 0 Å². The molecule has 1 aromatic rings. The predicted molar refractivity (Wildman–Crippen MR) is 58.2 cm³/mol. The van der Waals surface area contributed by atoms with Gasteiger partial charge in [0.05, 0.1) is 6.42 Å². The van der Waals surface area contributed by atoms with E-state index < -0.39 is 0 Å². The Labute approximate surface area is 85.3 Å². The number of nitrogens with one attached hydrogen (secondary N) is 1. The molecule has 0 unspecified atom stereocenters. The summed E-state index contributed by atoms with van der Waals surface area (Å²) in [5.41, 5.74) is 2.28. The Morgan fingerprint density at radius 2 is 2.21 bits per heavy atom. The van der Waals surface area contributed by atoms with Gasteiger partial charge in [0.15, 0.2) is 0 Å². The average molecular weight is 191 g/mol. The molecule has 0 heterocycles. The first-order valence-electron chi connectivity index (χ1n) is 5.04. The zero-order valence-corrected chi connectivity index (χ0v) is 8.84. The van der Waals surface area contributed by atoms with Crippen LogP contribution in [0.25, 0.3) is 0 Å². The van der Waals surface area contributed by atoms with Crippen LogP contribution >= 0.6 is 0 Å². The van der Waals surface area contributed by atoms with Crippen LogP contribution in [0.15, 0.2) is 24.3 Å². The molecule has 0 aliphatic rings. The van der Waals surface area contributed by atoms with Crippen LogP contribution in [0.1, 0.15) is 24.5 Å². The second kappa shape index (κ2) is 5.43. The first kappa shape index (κ1) is 10.8. The van der Waals surface area contributed by atoms with Crippen LogP contribution in [-0.2, 0) is 11.2 Å². The molecule has 1 rings (SSSR count). The van der Waals surface area contributed by atoms with Crippen LogP contribution in [-0.4, -0.2) is 12.5 Å². The third kappa shape index (κ3) is 3.60. The van der Waals surface area contributed by atoms with Crippen LogP contribution in [0.3, 0.4) is 0 Å². The minimum Gasteiger partial charge on any atom is -0.356 e. The number of hydrogen-bond donors (Lipinski definition) is 1. The molecule has 14 heavy (non-hydrogen) atoms. The molecule has 1 aromatic carbocycles. The highest BCUT2D eigenvalue weighted by molar-refractivity contribution is 5.78. The smallest absolute Gasteiger partial charge is 0.224 e. The number of rotatable bonds is 4. The maximum Gasteiger partial charge on any atom is 0.224 e. The Hall–Kier alpha value is -1.31. The minimum atomic E-state index is 0.109. The summed E-state index contributed by atoms with van der Waals surface area (Å²) in [5, 5.41) is 2.86. The van der Waals surface area contributed by atoms with Gasteiger partial charge in [-0.2, -0.15) is 0 Å². The number of aryl methyl sites for hydroxylation is 1. The van der Waals surface area contributed by atoms with E-state index in [9.17, 15) is 4.79 Å². The molecule has 0 fully saturated rings. The first-order chi connectivity index (χ1) is 6.72. The molecule has 76 valence electrons. The molecule has 1 N–H and O–H groups in total. The van der Waals surface area contributed by atoms with E-state index in [1.807, 2.05) is 38.1 Å². The van der Waals surface area contributed by atoms with E-state index in [0.29, 0.717) is 6.42 Å². The lowest BCUT2D eigenvalue weighted by atomic mass is 10.1. The Morgan fingerprint density at radius 3 is 2.86 bits per heavy atom. The molecule has 0 aliphatic carbocycles. The molecular weight excluding hydrogens is 174 g/mol. The van der Waals surface area contributed by atoms with Crippen molar-refractivity contribution in [2.24, 2.45) is 0 Å².